The van der Waals surface area contributed by atoms with Crippen LogP contribution in [0.1, 0.15) is 36.1 Å². The number of carbonyl (C=O) groups is 1. The molecule has 26 heavy (non-hydrogen) atoms. The summed E-state index contributed by atoms with van der Waals surface area (Å²) in [6.07, 6.45) is 0. The van der Waals surface area contributed by atoms with Crippen molar-refractivity contribution in [1.82, 2.24) is 9.97 Å². The van der Waals surface area contributed by atoms with E-state index in [0.29, 0.717) is 5.69 Å². The number of halogens is 2. The topological polar surface area (TPSA) is 61.3 Å². The third-order valence-electron chi connectivity index (χ3n) is 4.49. The monoisotopic (exact) mass is 400 g/mol. The van der Waals surface area contributed by atoms with Crippen LogP contribution in [0.2, 0.25) is 18.1 Å². The summed E-state index contributed by atoms with van der Waals surface area (Å²) in [6, 6.07) is 2.29. The lowest BCUT2D eigenvalue weighted by Crippen LogP contribution is -2.40. The molecule has 0 saturated carbocycles. The Morgan fingerprint density at radius 2 is 1.88 bits per heavy atom. The summed E-state index contributed by atoms with van der Waals surface area (Å²) in [5, 5.41) is 0.216. The molecule has 0 N–H and O–H groups in total. The Labute approximate surface area is 156 Å². The van der Waals surface area contributed by atoms with Gasteiger partial charge in [-0.05, 0) is 30.3 Å². The van der Waals surface area contributed by atoms with E-state index in [-0.39, 0.29) is 27.1 Å². The molecule has 0 amide bonds. The summed E-state index contributed by atoms with van der Waals surface area (Å²) in [4.78, 5) is 19.8. The highest BCUT2D eigenvalue weighted by molar-refractivity contribution is 7.17. The molecule has 0 aliphatic carbocycles. The average Bonchev–Trinajstić information content (AvgIpc) is 2.95. The summed E-state index contributed by atoms with van der Waals surface area (Å²) >= 11 is 0.971. The second-order valence-electron chi connectivity index (χ2n) is 7.31. The SMILES string of the molecule is COC(=O)c1sc(-c2ccc(F)nc2F)nc1CO[Si](C)(C)C(C)(C)C. The van der Waals surface area contributed by atoms with Crippen molar-refractivity contribution in [3.63, 3.8) is 0 Å². The zero-order valence-corrected chi connectivity index (χ0v) is 17.5. The molecule has 0 spiro atoms. The van der Waals surface area contributed by atoms with Crippen LogP contribution in [-0.2, 0) is 15.8 Å². The number of nitrogens with zero attached hydrogens (tertiary/aromatic N) is 2. The van der Waals surface area contributed by atoms with Gasteiger partial charge in [0.15, 0.2) is 8.32 Å². The first kappa shape index (κ1) is 20.6. The van der Waals surface area contributed by atoms with Crippen LogP contribution in [0.3, 0.4) is 0 Å². The summed E-state index contributed by atoms with van der Waals surface area (Å²) < 4.78 is 37.9. The third-order valence-corrected chi connectivity index (χ3v) is 10.1. The standard InChI is InChI=1S/C17H22F2N2O3SSi/c1-17(2,3)26(5,6)24-9-11-13(16(22)23-4)25-15(20-11)10-7-8-12(18)21-14(10)19/h7-8H,9H2,1-6H3. The number of rotatable bonds is 5. The van der Waals surface area contributed by atoms with Crippen LogP contribution in [0.4, 0.5) is 8.78 Å². The third kappa shape index (κ3) is 4.33. The van der Waals surface area contributed by atoms with Crippen molar-refractivity contribution in [3.05, 3.63) is 34.6 Å². The van der Waals surface area contributed by atoms with Crippen molar-refractivity contribution in [3.8, 4) is 10.6 Å². The smallest absolute Gasteiger partial charge is 0.350 e. The molecule has 2 rings (SSSR count). The predicted molar refractivity (Wildman–Crippen MR) is 98.6 cm³/mol. The lowest BCUT2D eigenvalue weighted by Gasteiger charge is -2.35. The molecule has 9 heteroatoms. The van der Waals surface area contributed by atoms with Crippen molar-refractivity contribution in [2.75, 3.05) is 7.11 Å². The molecule has 0 bridgehead atoms. The summed E-state index contributed by atoms with van der Waals surface area (Å²) in [6.45, 7) is 10.6. The maximum atomic E-state index is 14.0. The number of aromatic nitrogens is 2. The number of hydrogen-bond donors (Lipinski definition) is 0. The highest BCUT2D eigenvalue weighted by atomic mass is 32.1. The number of methoxy groups -OCH3 is 1. The van der Waals surface area contributed by atoms with Crippen molar-refractivity contribution < 1.29 is 22.7 Å². The van der Waals surface area contributed by atoms with Gasteiger partial charge in [-0.15, -0.1) is 11.3 Å². The van der Waals surface area contributed by atoms with Crippen molar-refractivity contribution in [2.45, 2.75) is 45.5 Å². The van der Waals surface area contributed by atoms with E-state index >= 15 is 0 Å². The van der Waals surface area contributed by atoms with Gasteiger partial charge in [0.25, 0.3) is 0 Å². The van der Waals surface area contributed by atoms with Gasteiger partial charge in [0.2, 0.25) is 11.9 Å². The van der Waals surface area contributed by atoms with Gasteiger partial charge < -0.3 is 9.16 Å². The average molecular weight is 401 g/mol. The molecule has 0 atom stereocenters. The van der Waals surface area contributed by atoms with E-state index in [1.165, 1.54) is 13.2 Å². The zero-order chi connectivity index (χ0) is 19.7. The largest absolute Gasteiger partial charge is 0.465 e. The lowest BCUT2D eigenvalue weighted by molar-refractivity contribution is 0.0602. The first-order valence-corrected chi connectivity index (χ1v) is 11.7. The first-order valence-electron chi connectivity index (χ1n) is 8.00. The zero-order valence-electron chi connectivity index (χ0n) is 15.6. The molecule has 2 aromatic rings. The van der Waals surface area contributed by atoms with E-state index in [2.05, 4.69) is 43.8 Å². The maximum absolute atomic E-state index is 14.0. The Morgan fingerprint density at radius 1 is 1.23 bits per heavy atom. The van der Waals surface area contributed by atoms with Gasteiger partial charge >= 0.3 is 5.97 Å². The molecular weight excluding hydrogens is 378 g/mol. The molecule has 0 aliphatic heterocycles. The number of thiazole rings is 1. The molecule has 0 aromatic carbocycles. The number of pyridine rings is 1. The summed E-state index contributed by atoms with van der Waals surface area (Å²) in [5.74, 6) is -2.47. The van der Waals surface area contributed by atoms with Crippen LogP contribution in [-0.4, -0.2) is 31.4 Å². The molecule has 142 valence electrons. The molecule has 0 radical (unpaired) electrons. The molecule has 0 saturated heterocycles. The Bertz CT molecular complexity index is 819. The number of carbonyl (C=O) groups excluding carboxylic acids is 1. The molecule has 0 aliphatic rings. The molecule has 0 unspecified atom stereocenters. The van der Waals surface area contributed by atoms with Gasteiger partial charge in [-0.2, -0.15) is 13.8 Å². The number of esters is 1. The lowest BCUT2D eigenvalue weighted by atomic mass is 10.2. The fourth-order valence-corrected chi connectivity index (χ4v) is 3.78. The van der Waals surface area contributed by atoms with Crippen LogP contribution in [0.5, 0.6) is 0 Å². The minimum Gasteiger partial charge on any atom is -0.465 e. The summed E-state index contributed by atoms with van der Waals surface area (Å²) in [7, 11) is -0.803. The molecule has 2 heterocycles. The highest BCUT2D eigenvalue weighted by Gasteiger charge is 2.37. The minimum absolute atomic E-state index is 0.00966. The minimum atomic E-state index is -2.07. The van der Waals surface area contributed by atoms with E-state index in [1.807, 2.05) is 0 Å². The van der Waals surface area contributed by atoms with E-state index in [4.69, 9.17) is 9.16 Å². The number of hydrogen-bond acceptors (Lipinski definition) is 6. The Morgan fingerprint density at radius 3 is 2.42 bits per heavy atom. The first-order chi connectivity index (χ1) is 12.0. The van der Waals surface area contributed by atoms with Crippen LogP contribution < -0.4 is 0 Å². The van der Waals surface area contributed by atoms with Crippen molar-refractivity contribution in [2.24, 2.45) is 0 Å². The van der Waals surface area contributed by atoms with Gasteiger partial charge in [-0.1, -0.05) is 20.8 Å². The Balaban J connectivity index is 2.39. The van der Waals surface area contributed by atoms with Crippen LogP contribution >= 0.6 is 11.3 Å². The molecule has 0 fully saturated rings. The fourth-order valence-electron chi connectivity index (χ4n) is 1.85. The highest BCUT2D eigenvalue weighted by Crippen LogP contribution is 2.38. The van der Waals surface area contributed by atoms with Crippen LogP contribution in [0.25, 0.3) is 10.6 Å². The van der Waals surface area contributed by atoms with Gasteiger partial charge in [-0.25, -0.2) is 9.78 Å². The van der Waals surface area contributed by atoms with Crippen LogP contribution in [0, 0.1) is 11.9 Å². The van der Waals surface area contributed by atoms with E-state index in [0.717, 1.165) is 17.4 Å². The number of ether oxygens (including phenoxy) is 1. The van der Waals surface area contributed by atoms with Crippen molar-refractivity contribution >= 4 is 25.6 Å². The van der Waals surface area contributed by atoms with Crippen LogP contribution in [0.15, 0.2) is 12.1 Å². The second-order valence-corrected chi connectivity index (χ2v) is 13.1. The van der Waals surface area contributed by atoms with Gasteiger partial charge in [-0.3, -0.25) is 0 Å². The Kier molecular flexibility index (Phi) is 5.94. The van der Waals surface area contributed by atoms with E-state index in [9.17, 15) is 13.6 Å². The quantitative estimate of drug-likeness (QED) is 0.410. The van der Waals surface area contributed by atoms with E-state index in [1.54, 1.807) is 0 Å². The maximum Gasteiger partial charge on any atom is 0.350 e. The molecule has 2 aromatic heterocycles. The van der Waals surface area contributed by atoms with Gasteiger partial charge in [0.1, 0.15) is 9.88 Å². The Hall–Kier alpha value is -1.71. The van der Waals surface area contributed by atoms with Gasteiger partial charge in [0.05, 0.1) is 25.0 Å². The van der Waals surface area contributed by atoms with Gasteiger partial charge in [0, 0.05) is 0 Å². The van der Waals surface area contributed by atoms with Crippen molar-refractivity contribution in [1.29, 1.82) is 0 Å². The molecule has 5 nitrogen and oxygen atoms in total. The predicted octanol–water partition coefficient (Wildman–Crippen LogP) is 4.79. The normalized spacial score (nSPS) is 12.3. The summed E-state index contributed by atoms with van der Waals surface area (Å²) in [5.41, 5.74) is 0.408. The fraction of sp³-hybridized carbons (Fsp3) is 0.471. The molecular formula is C17H22F2N2O3SSi. The second kappa shape index (κ2) is 7.49. The van der Waals surface area contributed by atoms with E-state index < -0.39 is 26.2 Å².